The third-order valence-corrected chi connectivity index (χ3v) is 9.42. The molecule has 4 rings (SSSR count). The van der Waals surface area contributed by atoms with Crippen LogP contribution < -0.4 is 0 Å². The molecule has 1 N–H and O–H groups in total. The molecule has 0 heterocycles. The summed E-state index contributed by atoms with van der Waals surface area (Å²) in [6.45, 7) is 1.84. The maximum absolute atomic E-state index is 12.7. The zero-order valence-electron chi connectivity index (χ0n) is 23.9. The molecule has 4 aromatic carbocycles. The van der Waals surface area contributed by atoms with E-state index >= 15 is 0 Å². The zero-order valence-corrected chi connectivity index (χ0v) is 27.2. The first kappa shape index (κ1) is 33.3. The predicted molar refractivity (Wildman–Crippen MR) is 163 cm³/mol. The Morgan fingerprint density at radius 1 is 0.605 bits per heavy atom. The van der Waals surface area contributed by atoms with E-state index in [1.165, 1.54) is 50.3 Å². The SMILES string of the molecule is COC(=O)c1ccccc1C([AsH2])(c1ccccc1C(=O)OC)c1ccccc1C(=O)OC.Cc1ccc(S(=O)(=O)O)cc1. The van der Waals surface area contributed by atoms with E-state index in [-0.39, 0.29) is 4.90 Å². The first-order chi connectivity index (χ1) is 20.4. The van der Waals surface area contributed by atoms with E-state index in [2.05, 4.69) is 0 Å². The summed E-state index contributed by atoms with van der Waals surface area (Å²) in [5.41, 5.74) is 3.74. The Kier molecular flexibility index (Phi) is 11.1. The van der Waals surface area contributed by atoms with Crippen LogP contribution in [-0.4, -0.2) is 69.1 Å². The molecule has 9 nitrogen and oxygen atoms in total. The third-order valence-electron chi connectivity index (χ3n) is 6.59. The van der Waals surface area contributed by atoms with Crippen LogP contribution in [0.5, 0.6) is 0 Å². The average molecular weight is 667 g/mol. The summed E-state index contributed by atoms with van der Waals surface area (Å²) in [7, 11) is -0.0839. The molecule has 0 saturated heterocycles. The van der Waals surface area contributed by atoms with Crippen LogP contribution in [0.3, 0.4) is 0 Å². The molecule has 1 atom stereocenters. The van der Waals surface area contributed by atoms with E-state index in [1.54, 1.807) is 84.9 Å². The maximum atomic E-state index is 12.7. The van der Waals surface area contributed by atoms with E-state index in [0.29, 0.717) is 33.4 Å². The van der Waals surface area contributed by atoms with Crippen molar-refractivity contribution in [1.29, 1.82) is 0 Å². The standard InChI is InChI=1S/C25H23AsO6.C7H8O3S/c1-30-22(27)16-10-4-7-13-19(16)25(26,20-14-8-5-11-17(20)23(28)31-2)21-15-9-6-12-18(21)24(29)32-3;1-6-2-4-7(5-3-6)11(8,9)10/h4-15H,26H2,1-3H3;2-5H,1H3,(H,8,9,10). The number of hydrogen-bond donors (Lipinski definition) is 1. The third kappa shape index (κ3) is 7.40. The fourth-order valence-electron chi connectivity index (χ4n) is 4.49. The van der Waals surface area contributed by atoms with Crippen molar-refractivity contribution < 1.29 is 41.6 Å². The van der Waals surface area contributed by atoms with E-state index in [9.17, 15) is 22.8 Å². The van der Waals surface area contributed by atoms with Gasteiger partial charge in [0.1, 0.15) is 0 Å². The topological polar surface area (TPSA) is 133 Å². The summed E-state index contributed by atoms with van der Waals surface area (Å²) in [5, 5.41) is 0. The number of esters is 3. The number of hydrogen-bond acceptors (Lipinski definition) is 8. The Morgan fingerprint density at radius 3 is 1.19 bits per heavy atom. The van der Waals surface area contributed by atoms with Gasteiger partial charge < -0.3 is 0 Å². The van der Waals surface area contributed by atoms with Crippen LogP contribution in [0.25, 0.3) is 0 Å². The van der Waals surface area contributed by atoms with Gasteiger partial charge in [0, 0.05) is 0 Å². The van der Waals surface area contributed by atoms with Gasteiger partial charge in [-0.05, 0) is 19.1 Å². The smallest absolute Gasteiger partial charge is 0.282 e. The Bertz CT molecular complexity index is 1590. The minimum Gasteiger partial charge on any atom is -0.282 e. The largest absolute Gasteiger partial charge is 0.294 e. The van der Waals surface area contributed by atoms with Crippen molar-refractivity contribution in [3.63, 3.8) is 0 Å². The van der Waals surface area contributed by atoms with Gasteiger partial charge in [-0.2, -0.15) is 8.42 Å². The van der Waals surface area contributed by atoms with Crippen LogP contribution in [0, 0.1) is 6.92 Å². The molecule has 11 heteroatoms. The zero-order chi connectivity index (χ0) is 31.8. The van der Waals surface area contributed by atoms with Crippen molar-refractivity contribution in [2.45, 2.75) is 16.0 Å². The molecule has 0 amide bonds. The average Bonchev–Trinajstić information content (AvgIpc) is 3.03. The summed E-state index contributed by atoms with van der Waals surface area (Å²) < 4.78 is 43.6. The van der Waals surface area contributed by atoms with Gasteiger partial charge in [-0.3, -0.25) is 4.55 Å². The minimum atomic E-state index is -4.02. The van der Waals surface area contributed by atoms with Crippen molar-refractivity contribution in [2.75, 3.05) is 21.3 Å². The second-order valence-electron chi connectivity index (χ2n) is 9.21. The summed E-state index contributed by atoms with van der Waals surface area (Å²) in [4.78, 5) is 38.0. The van der Waals surface area contributed by atoms with Crippen molar-refractivity contribution in [2.24, 2.45) is 0 Å². The molecular formula is C32H31AsO9S. The van der Waals surface area contributed by atoms with Crippen LogP contribution in [0.1, 0.15) is 53.3 Å². The second-order valence-corrected chi connectivity index (χ2v) is 12.4. The van der Waals surface area contributed by atoms with Crippen molar-refractivity contribution in [1.82, 2.24) is 0 Å². The summed E-state index contributed by atoms with van der Waals surface area (Å²) in [6, 6.07) is 27.0. The Morgan fingerprint density at radius 2 is 0.907 bits per heavy atom. The summed E-state index contributed by atoms with van der Waals surface area (Å²) in [6.07, 6.45) is 0. The van der Waals surface area contributed by atoms with Crippen molar-refractivity contribution in [3.05, 3.63) is 136 Å². The Labute approximate surface area is 259 Å². The van der Waals surface area contributed by atoms with Gasteiger partial charge >= 0.3 is 195 Å². The number of aryl methyl sites for hydroxylation is 1. The first-order valence-electron chi connectivity index (χ1n) is 12.8. The van der Waals surface area contributed by atoms with Crippen LogP contribution in [0.4, 0.5) is 0 Å². The Balaban J connectivity index is 0.000000386. The van der Waals surface area contributed by atoms with Crippen LogP contribution in [0.2, 0.25) is 0 Å². The molecule has 43 heavy (non-hydrogen) atoms. The normalized spacial score (nSPS) is 11.0. The number of benzene rings is 4. The Hall–Kier alpha value is -4.24. The molecule has 0 aromatic heterocycles. The molecule has 0 aliphatic heterocycles. The van der Waals surface area contributed by atoms with E-state index in [1.807, 2.05) is 6.92 Å². The van der Waals surface area contributed by atoms with Crippen LogP contribution >= 0.6 is 0 Å². The fraction of sp³-hybridized carbons (Fsp3) is 0.156. The first-order valence-corrected chi connectivity index (χ1v) is 15.4. The number of methoxy groups -OCH3 is 3. The van der Waals surface area contributed by atoms with Crippen molar-refractivity contribution in [3.8, 4) is 0 Å². The second kappa shape index (κ2) is 14.3. The number of carbonyl (C=O) groups is 3. The van der Waals surface area contributed by atoms with E-state index in [0.717, 1.165) is 5.56 Å². The summed E-state index contributed by atoms with van der Waals surface area (Å²) >= 11 is 1.20. The molecule has 0 fully saturated rings. The van der Waals surface area contributed by atoms with Gasteiger partial charge in [0.05, 0.1) is 4.90 Å². The quantitative estimate of drug-likeness (QED) is 0.101. The maximum Gasteiger partial charge on any atom is 0.294 e. The fourth-order valence-corrected chi connectivity index (χ4v) is 6.55. The van der Waals surface area contributed by atoms with Gasteiger partial charge in [-0.25, -0.2) is 0 Å². The number of ether oxygens (including phenoxy) is 3. The van der Waals surface area contributed by atoms with Gasteiger partial charge in [0.25, 0.3) is 10.1 Å². The van der Waals surface area contributed by atoms with Crippen LogP contribution in [-0.2, 0) is 28.5 Å². The van der Waals surface area contributed by atoms with Crippen LogP contribution in [0.15, 0.2) is 102 Å². The van der Waals surface area contributed by atoms with Crippen molar-refractivity contribution >= 4 is 44.9 Å². The molecule has 224 valence electrons. The molecule has 0 bridgehead atoms. The van der Waals surface area contributed by atoms with Gasteiger partial charge in [-0.15, -0.1) is 0 Å². The van der Waals surface area contributed by atoms with E-state index in [4.69, 9.17) is 18.8 Å². The molecular weight excluding hydrogens is 635 g/mol. The molecule has 4 aromatic rings. The number of rotatable bonds is 7. The monoisotopic (exact) mass is 666 g/mol. The predicted octanol–water partition coefficient (Wildman–Crippen LogP) is 4.21. The number of carbonyl (C=O) groups excluding carboxylic acids is 3. The molecule has 0 aliphatic carbocycles. The van der Waals surface area contributed by atoms with Gasteiger partial charge in [0.2, 0.25) is 0 Å². The van der Waals surface area contributed by atoms with Gasteiger partial charge in [-0.1, -0.05) is 17.7 Å². The van der Waals surface area contributed by atoms with Gasteiger partial charge in [0.15, 0.2) is 0 Å². The molecule has 0 saturated carbocycles. The summed E-state index contributed by atoms with van der Waals surface area (Å²) in [5.74, 6) is -1.56. The molecule has 0 spiro atoms. The van der Waals surface area contributed by atoms with E-state index < -0.39 is 32.2 Å². The molecule has 1 unspecified atom stereocenters. The minimum absolute atomic E-state index is 0.0666. The molecule has 0 aliphatic rings. The molecule has 0 radical (unpaired) electrons.